The van der Waals surface area contributed by atoms with Crippen molar-refractivity contribution in [1.82, 2.24) is 14.4 Å². The predicted molar refractivity (Wildman–Crippen MR) is 123 cm³/mol. The number of nitrogens with zero attached hydrogens (tertiary/aromatic N) is 3. The van der Waals surface area contributed by atoms with Gasteiger partial charge in [-0.25, -0.2) is 0 Å². The molecule has 2 heterocycles. The van der Waals surface area contributed by atoms with Crippen molar-refractivity contribution in [3.63, 3.8) is 0 Å². The normalized spacial score (nSPS) is 15.8. The number of benzene rings is 2. The number of alkyl halides is 3. The first-order valence-electron chi connectivity index (χ1n) is 10.7. The van der Waals surface area contributed by atoms with Gasteiger partial charge in [0, 0.05) is 58.4 Å². The van der Waals surface area contributed by atoms with Crippen LogP contribution in [0.25, 0.3) is 10.2 Å². The number of thiazole rings is 1. The lowest BCUT2D eigenvalue weighted by Gasteiger charge is -2.34. The third kappa shape index (κ3) is 5.82. The lowest BCUT2D eigenvalue weighted by atomic mass is 10.1. The van der Waals surface area contributed by atoms with E-state index in [1.165, 1.54) is 12.1 Å². The van der Waals surface area contributed by atoms with Gasteiger partial charge in [0.2, 0.25) is 5.91 Å². The van der Waals surface area contributed by atoms with Gasteiger partial charge < -0.3 is 14.8 Å². The molecular weight excluding hydrogens is 453 g/mol. The number of carbonyl (C=O) groups is 1. The molecule has 0 saturated carbocycles. The number of aromatic nitrogens is 1. The van der Waals surface area contributed by atoms with Gasteiger partial charge >= 0.3 is 11.0 Å². The van der Waals surface area contributed by atoms with Crippen LogP contribution in [0, 0.1) is 0 Å². The summed E-state index contributed by atoms with van der Waals surface area (Å²) in [6.45, 7) is 4.45. The van der Waals surface area contributed by atoms with E-state index in [2.05, 4.69) is 15.1 Å². The van der Waals surface area contributed by atoms with E-state index in [9.17, 15) is 22.8 Å². The molecule has 1 saturated heterocycles. The average Bonchev–Trinajstić information content (AvgIpc) is 3.06. The second kappa shape index (κ2) is 9.66. The summed E-state index contributed by atoms with van der Waals surface area (Å²) in [5, 5.41) is 2.90. The zero-order chi connectivity index (χ0) is 23.6. The van der Waals surface area contributed by atoms with Crippen molar-refractivity contribution in [2.75, 3.05) is 38.0 Å². The van der Waals surface area contributed by atoms with E-state index in [-0.39, 0.29) is 10.8 Å². The van der Waals surface area contributed by atoms with Crippen LogP contribution in [0.2, 0.25) is 0 Å². The highest BCUT2D eigenvalue weighted by Crippen LogP contribution is 2.29. The molecule has 0 unspecified atom stereocenters. The van der Waals surface area contributed by atoms with Gasteiger partial charge in [0.05, 0.1) is 15.8 Å². The third-order valence-electron chi connectivity index (χ3n) is 5.88. The minimum Gasteiger partial charge on any atom is -0.326 e. The highest BCUT2D eigenvalue weighted by atomic mass is 32.1. The molecule has 10 heteroatoms. The second-order valence-corrected chi connectivity index (χ2v) is 9.21. The number of nitrogens with one attached hydrogen (secondary N) is 1. The van der Waals surface area contributed by atoms with Gasteiger partial charge in [-0.1, -0.05) is 23.5 Å². The largest absolute Gasteiger partial charge is 0.416 e. The van der Waals surface area contributed by atoms with E-state index in [1.807, 2.05) is 12.1 Å². The molecule has 0 spiro atoms. The van der Waals surface area contributed by atoms with Crippen molar-refractivity contribution in [2.24, 2.45) is 7.05 Å². The van der Waals surface area contributed by atoms with Crippen molar-refractivity contribution in [1.29, 1.82) is 0 Å². The van der Waals surface area contributed by atoms with E-state index in [0.29, 0.717) is 25.2 Å². The number of hydrogen-bond acceptors (Lipinski definition) is 5. The minimum atomic E-state index is -4.31. The lowest BCUT2D eigenvalue weighted by molar-refractivity contribution is -0.137. The highest BCUT2D eigenvalue weighted by Gasteiger charge is 2.30. The van der Waals surface area contributed by atoms with Crippen LogP contribution in [-0.4, -0.2) is 53.0 Å². The molecule has 33 heavy (non-hydrogen) atoms. The second-order valence-electron chi connectivity index (χ2n) is 8.22. The van der Waals surface area contributed by atoms with Crippen LogP contribution in [0.1, 0.15) is 17.5 Å². The first kappa shape index (κ1) is 23.5. The number of fused-ring (bicyclic) bond motifs is 1. The molecule has 0 radical (unpaired) electrons. The number of amides is 1. The lowest BCUT2D eigenvalue weighted by Crippen LogP contribution is -2.46. The number of aryl methyl sites for hydroxylation is 1. The Labute approximate surface area is 193 Å². The van der Waals surface area contributed by atoms with Gasteiger partial charge in [-0.3, -0.25) is 14.5 Å². The Hall–Kier alpha value is -2.69. The van der Waals surface area contributed by atoms with Crippen molar-refractivity contribution >= 4 is 33.1 Å². The van der Waals surface area contributed by atoms with E-state index >= 15 is 0 Å². The Morgan fingerprint density at radius 2 is 1.70 bits per heavy atom. The van der Waals surface area contributed by atoms with E-state index in [1.54, 1.807) is 17.7 Å². The SMILES string of the molecule is Cn1c(=O)sc2cc(NC(=O)CCN3CCN(Cc4ccc(C(F)(F)F)cc4)CC3)ccc21. The van der Waals surface area contributed by atoms with Gasteiger partial charge in [0.25, 0.3) is 0 Å². The Morgan fingerprint density at radius 3 is 2.36 bits per heavy atom. The van der Waals surface area contributed by atoms with Gasteiger partial charge in [-0.05, 0) is 35.9 Å². The summed E-state index contributed by atoms with van der Waals surface area (Å²) in [6, 6.07) is 10.8. The number of carbonyl (C=O) groups excluding carboxylic acids is 1. The molecule has 2 aromatic carbocycles. The molecule has 6 nitrogen and oxygen atoms in total. The standard InChI is InChI=1S/C23H25F3N4O2S/c1-28-19-7-6-18(14-20(19)33-22(28)32)27-21(31)8-9-29-10-12-30(13-11-29)15-16-2-4-17(5-3-16)23(24,25)26/h2-7,14H,8-13,15H2,1H3,(H,27,31). The third-order valence-corrected chi connectivity index (χ3v) is 6.88. The summed E-state index contributed by atoms with van der Waals surface area (Å²) < 4.78 is 40.5. The monoisotopic (exact) mass is 478 g/mol. The van der Waals surface area contributed by atoms with Crippen LogP contribution in [0.4, 0.5) is 18.9 Å². The fourth-order valence-corrected chi connectivity index (χ4v) is 4.84. The molecule has 3 aromatic rings. The van der Waals surface area contributed by atoms with Crippen LogP contribution in [0.3, 0.4) is 0 Å². The Bertz CT molecular complexity index is 1180. The minimum absolute atomic E-state index is 0.0362. The maximum Gasteiger partial charge on any atom is 0.416 e. The first-order chi connectivity index (χ1) is 15.7. The Kier molecular flexibility index (Phi) is 6.87. The Morgan fingerprint density at radius 1 is 1.03 bits per heavy atom. The molecule has 1 aliphatic heterocycles. The molecule has 1 amide bonds. The summed E-state index contributed by atoms with van der Waals surface area (Å²) in [5.41, 5.74) is 1.75. The summed E-state index contributed by atoms with van der Waals surface area (Å²) in [6.07, 6.45) is -3.95. The van der Waals surface area contributed by atoms with Crippen LogP contribution < -0.4 is 10.2 Å². The van der Waals surface area contributed by atoms with Crippen LogP contribution in [-0.2, 0) is 24.6 Å². The first-order valence-corrected chi connectivity index (χ1v) is 11.5. The molecule has 1 fully saturated rings. The quantitative estimate of drug-likeness (QED) is 0.586. The number of hydrogen-bond donors (Lipinski definition) is 1. The highest BCUT2D eigenvalue weighted by molar-refractivity contribution is 7.16. The molecule has 1 aliphatic rings. The number of rotatable bonds is 6. The number of halogens is 3. The molecule has 1 aromatic heterocycles. The molecule has 1 N–H and O–H groups in total. The van der Waals surface area contributed by atoms with Crippen molar-refractivity contribution in [2.45, 2.75) is 19.1 Å². The van der Waals surface area contributed by atoms with Gasteiger partial charge in [0.1, 0.15) is 0 Å². The fourth-order valence-electron chi connectivity index (χ4n) is 3.92. The zero-order valence-electron chi connectivity index (χ0n) is 18.2. The molecular formula is C23H25F3N4O2S. The molecule has 176 valence electrons. The molecule has 0 atom stereocenters. The van der Waals surface area contributed by atoms with Crippen LogP contribution in [0.15, 0.2) is 47.3 Å². The van der Waals surface area contributed by atoms with Crippen molar-refractivity contribution in [3.05, 3.63) is 63.3 Å². The maximum absolute atomic E-state index is 12.7. The molecule has 4 rings (SSSR count). The summed E-state index contributed by atoms with van der Waals surface area (Å²) in [5.74, 6) is -0.0789. The zero-order valence-corrected chi connectivity index (χ0v) is 19.0. The van der Waals surface area contributed by atoms with Gasteiger partial charge in [-0.2, -0.15) is 13.2 Å². The van der Waals surface area contributed by atoms with E-state index < -0.39 is 11.7 Å². The average molecular weight is 479 g/mol. The van der Waals surface area contributed by atoms with Gasteiger partial charge in [0.15, 0.2) is 0 Å². The summed E-state index contributed by atoms with van der Waals surface area (Å²) >= 11 is 1.15. The van der Waals surface area contributed by atoms with Crippen LogP contribution in [0.5, 0.6) is 0 Å². The van der Waals surface area contributed by atoms with Crippen molar-refractivity contribution in [3.8, 4) is 0 Å². The van der Waals surface area contributed by atoms with E-state index in [0.717, 1.165) is 65.4 Å². The topological polar surface area (TPSA) is 57.6 Å². The maximum atomic E-state index is 12.7. The fraction of sp³-hybridized carbons (Fsp3) is 0.391. The van der Waals surface area contributed by atoms with Crippen molar-refractivity contribution < 1.29 is 18.0 Å². The summed E-state index contributed by atoms with van der Waals surface area (Å²) in [7, 11) is 1.72. The Balaban J connectivity index is 1.21. The summed E-state index contributed by atoms with van der Waals surface area (Å²) in [4.78, 5) is 28.5. The predicted octanol–water partition coefficient (Wildman–Crippen LogP) is 3.77. The number of piperazine rings is 1. The van der Waals surface area contributed by atoms with Gasteiger partial charge in [-0.15, -0.1) is 0 Å². The van der Waals surface area contributed by atoms with E-state index in [4.69, 9.17) is 0 Å². The molecule has 0 aliphatic carbocycles. The smallest absolute Gasteiger partial charge is 0.326 e. The van der Waals surface area contributed by atoms with Crippen LogP contribution >= 0.6 is 11.3 Å². The number of anilines is 1. The molecule has 0 bridgehead atoms.